The lowest BCUT2D eigenvalue weighted by molar-refractivity contribution is 0.290. The summed E-state index contributed by atoms with van der Waals surface area (Å²) >= 11 is 0. The van der Waals surface area contributed by atoms with Gasteiger partial charge in [-0.3, -0.25) is 9.67 Å². The SMILES string of the molecule is CN=C(NCc1cccnc1OCc1ccccc1)NCc1ncnn1C. The van der Waals surface area contributed by atoms with Gasteiger partial charge in [0, 0.05) is 32.4 Å². The number of pyridine rings is 1. The molecule has 0 saturated carbocycles. The predicted molar refractivity (Wildman–Crippen MR) is 103 cm³/mol. The Labute approximate surface area is 158 Å². The van der Waals surface area contributed by atoms with Crippen LogP contribution >= 0.6 is 0 Å². The molecule has 3 rings (SSSR count). The van der Waals surface area contributed by atoms with Crippen LogP contribution in [0.3, 0.4) is 0 Å². The molecule has 0 aliphatic carbocycles. The van der Waals surface area contributed by atoms with Crippen molar-refractivity contribution in [2.24, 2.45) is 12.0 Å². The van der Waals surface area contributed by atoms with Gasteiger partial charge in [-0.2, -0.15) is 5.10 Å². The highest BCUT2D eigenvalue weighted by Crippen LogP contribution is 2.15. The summed E-state index contributed by atoms with van der Waals surface area (Å²) in [6.07, 6.45) is 3.25. The van der Waals surface area contributed by atoms with Crippen LogP contribution in [-0.4, -0.2) is 32.8 Å². The number of hydrogen-bond donors (Lipinski definition) is 2. The van der Waals surface area contributed by atoms with Crippen molar-refractivity contribution < 1.29 is 4.74 Å². The van der Waals surface area contributed by atoms with E-state index in [0.29, 0.717) is 31.5 Å². The van der Waals surface area contributed by atoms with Gasteiger partial charge in [0.25, 0.3) is 0 Å². The minimum atomic E-state index is 0.476. The van der Waals surface area contributed by atoms with Crippen LogP contribution in [0.1, 0.15) is 17.0 Å². The van der Waals surface area contributed by atoms with Gasteiger partial charge in [-0.05, 0) is 11.6 Å². The average Bonchev–Trinajstić information content (AvgIpc) is 3.13. The van der Waals surface area contributed by atoms with E-state index in [-0.39, 0.29) is 0 Å². The summed E-state index contributed by atoms with van der Waals surface area (Å²) in [5, 5.41) is 10.5. The minimum Gasteiger partial charge on any atom is -0.473 e. The molecule has 0 bridgehead atoms. The molecule has 0 spiro atoms. The second kappa shape index (κ2) is 9.33. The molecule has 8 heteroatoms. The number of benzene rings is 1. The maximum Gasteiger partial charge on any atom is 0.218 e. The Hall–Kier alpha value is -3.42. The van der Waals surface area contributed by atoms with Crippen LogP contribution in [-0.2, 0) is 26.7 Å². The first-order chi connectivity index (χ1) is 13.3. The number of nitrogens with zero attached hydrogens (tertiary/aromatic N) is 5. The Morgan fingerprint density at radius 3 is 2.63 bits per heavy atom. The summed E-state index contributed by atoms with van der Waals surface area (Å²) in [5.41, 5.74) is 2.05. The van der Waals surface area contributed by atoms with E-state index >= 15 is 0 Å². The van der Waals surface area contributed by atoms with Crippen molar-refractivity contribution in [3.63, 3.8) is 0 Å². The summed E-state index contributed by atoms with van der Waals surface area (Å²) in [5.74, 6) is 2.10. The molecular weight excluding hydrogens is 342 g/mol. The number of aromatic nitrogens is 4. The van der Waals surface area contributed by atoms with Crippen molar-refractivity contribution in [2.75, 3.05) is 7.05 Å². The first-order valence-electron chi connectivity index (χ1n) is 8.64. The van der Waals surface area contributed by atoms with Gasteiger partial charge < -0.3 is 15.4 Å². The molecule has 27 heavy (non-hydrogen) atoms. The Balaban J connectivity index is 1.56. The third kappa shape index (κ3) is 5.27. The number of guanidine groups is 1. The van der Waals surface area contributed by atoms with Crippen molar-refractivity contribution in [1.82, 2.24) is 30.4 Å². The molecule has 0 saturated heterocycles. The van der Waals surface area contributed by atoms with Crippen molar-refractivity contribution in [3.8, 4) is 5.88 Å². The van der Waals surface area contributed by atoms with E-state index < -0.39 is 0 Å². The van der Waals surface area contributed by atoms with Gasteiger partial charge in [-0.1, -0.05) is 36.4 Å². The molecule has 2 heterocycles. The number of ether oxygens (including phenoxy) is 1. The molecule has 0 aliphatic rings. The molecule has 0 amide bonds. The molecule has 0 radical (unpaired) electrons. The van der Waals surface area contributed by atoms with E-state index in [9.17, 15) is 0 Å². The molecule has 0 atom stereocenters. The topological polar surface area (TPSA) is 89.2 Å². The van der Waals surface area contributed by atoms with Gasteiger partial charge in [-0.15, -0.1) is 0 Å². The smallest absolute Gasteiger partial charge is 0.218 e. The Kier molecular flexibility index (Phi) is 6.35. The van der Waals surface area contributed by atoms with Crippen LogP contribution in [0.25, 0.3) is 0 Å². The van der Waals surface area contributed by atoms with E-state index in [2.05, 4.69) is 30.7 Å². The summed E-state index contributed by atoms with van der Waals surface area (Å²) in [6, 6.07) is 13.9. The fourth-order valence-corrected chi connectivity index (χ4v) is 2.46. The molecule has 2 aromatic heterocycles. The Bertz CT molecular complexity index is 877. The molecule has 1 aromatic carbocycles. The fourth-order valence-electron chi connectivity index (χ4n) is 2.46. The molecular formula is C19H23N7O. The maximum atomic E-state index is 5.89. The Morgan fingerprint density at radius 2 is 1.89 bits per heavy atom. The largest absolute Gasteiger partial charge is 0.473 e. The highest BCUT2D eigenvalue weighted by atomic mass is 16.5. The van der Waals surface area contributed by atoms with Gasteiger partial charge in [-0.25, -0.2) is 9.97 Å². The zero-order chi connectivity index (χ0) is 18.9. The van der Waals surface area contributed by atoms with Gasteiger partial charge in [0.15, 0.2) is 5.96 Å². The molecule has 8 nitrogen and oxygen atoms in total. The molecule has 0 unspecified atom stereocenters. The second-order valence-corrected chi connectivity index (χ2v) is 5.82. The van der Waals surface area contributed by atoms with E-state index in [1.54, 1.807) is 17.9 Å². The second-order valence-electron chi connectivity index (χ2n) is 5.82. The molecule has 2 N–H and O–H groups in total. The van der Waals surface area contributed by atoms with Gasteiger partial charge in [0.2, 0.25) is 5.88 Å². The maximum absolute atomic E-state index is 5.89. The average molecular weight is 365 g/mol. The van der Waals surface area contributed by atoms with Crippen LogP contribution < -0.4 is 15.4 Å². The summed E-state index contributed by atoms with van der Waals surface area (Å²) in [6.45, 7) is 1.54. The monoisotopic (exact) mass is 365 g/mol. The van der Waals surface area contributed by atoms with E-state index in [1.807, 2.05) is 49.5 Å². The van der Waals surface area contributed by atoms with Crippen LogP contribution in [0.5, 0.6) is 5.88 Å². The van der Waals surface area contributed by atoms with Crippen molar-refractivity contribution in [2.45, 2.75) is 19.7 Å². The third-order valence-electron chi connectivity index (χ3n) is 3.96. The number of aryl methyl sites for hydroxylation is 1. The number of aliphatic imine (C=N–C) groups is 1. The zero-order valence-electron chi connectivity index (χ0n) is 15.5. The van der Waals surface area contributed by atoms with Crippen molar-refractivity contribution in [1.29, 1.82) is 0 Å². The van der Waals surface area contributed by atoms with Crippen LogP contribution in [0, 0.1) is 0 Å². The van der Waals surface area contributed by atoms with Gasteiger partial charge in [0.1, 0.15) is 18.8 Å². The van der Waals surface area contributed by atoms with Crippen LogP contribution in [0.2, 0.25) is 0 Å². The van der Waals surface area contributed by atoms with E-state index in [4.69, 9.17) is 4.74 Å². The van der Waals surface area contributed by atoms with Crippen molar-refractivity contribution >= 4 is 5.96 Å². The standard InChI is InChI=1S/C19H23N7O/c1-20-19(23-12-17-24-14-25-26(17)2)22-11-16-9-6-10-21-18(16)27-13-15-7-4-3-5-8-15/h3-10,14H,11-13H2,1-2H3,(H2,20,22,23). The van der Waals surface area contributed by atoms with Gasteiger partial charge in [0.05, 0.1) is 6.54 Å². The summed E-state index contributed by atoms with van der Waals surface area (Å²) < 4.78 is 7.61. The third-order valence-corrected chi connectivity index (χ3v) is 3.96. The lowest BCUT2D eigenvalue weighted by Crippen LogP contribution is -2.37. The predicted octanol–water partition coefficient (Wildman–Crippen LogP) is 1.65. The lowest BCUT2D eigenvalue weighted by atomic mass is 10.2. The van der Waals surface area contributed by atoms with Crippen LogP contribution in [0.4, 0.5) is 0 Å². The normalized spacial score (nSPS) is 11.3. The Morgan fingerprint density at radius 1 is 1.07 bits per heavy atom. The zero-order valence-corrected chi connectivity index (χ0v) is 15.5. The number of rotatable bonds is 7. The highest BCUT2D eigenvalue weighted by Gasteiger charge is 2.07. The van der Waals surface area contributed by atoms with E-state index in [1.165, 1.54) is 6.33 Å². The highest BCUT2D eigenvalue weighted by molar-refractivity contribution is 5.79. The number of hydrogen-bond acceptors (Lipinski definition) is 5. The van der Waals surface area contributed by atoms with Crippen molar-refractivity contribution in [3.05, 3.63) is 71.9 Å². The van der Waals surface area contributed by atoms with Gasteiger partial charge >= 0.3 is 0 Å². The molecule has 3 aromatic rings. The fraction of sp³-hybridized carbons (Fsp3) is 0.263. The summed E-state index contributed by atoms with van der Waals surface area (Å²) in [4.78, 5) is 12.8. The molecule has 140 valence electrons. The lowest BCUT2D eigenvalue weighted by Gasteiger charge is -2.14. The number of nitrogens with one attached hydrogen (secondary N) is 2. The minimum absolute atomic E-state index is 0.476. The molecule has 0 aliphatic heterocycles. The van der Waals surface area contributed by atoms with E-state index in [0.717, 1.165) is 17.0 Å². The van der Waals surface area contributed by atoms with Crippen LogP contribution in [0.15, 0.2) is 60.0 Å². The summed E-state index contributed by atoms with van der Waals surface area (Å²) in [7, 11) is 3.58. The first-order valence-corrected chi connectivity index (χ1v) is 8.64. The quantitative estimate of drug-likeness (QED) is 0.489. The first kappa shape index (κ1) is 18.4. The molecule has 0 fully saturated rings.